The number of carbonyl (C=O) groups excluding carboxylic acids is 2. The average molecular weight is 515 g/mol. The Balaban J connectivity index is 1.69. The molecule has 0 aliphatic heterocycles. The molecule has 9 heteroatoms. The summed E-state index contributed by atoms with van der Waals surface area (Å²) in [5.41, 5.74) is 2.39. The maximum absolute atomic E-state index is 12.5. The lowest BCUT2D eigenvalue weighted by molar-refractivity contribution is -0.118. The van der Waals surface area contributed by atoms with Crippen molar-refractivity contribution < 1.29 is 14.3 Å². The zero-order valence-corrected chi connectivity index (χ0v) is 20.1. The number of rotatable bonds is 7. The number of nitrogens with zero attached hydrogens (tertiary/aromatic N) is 1. The van der Waals surface area contributed by atoms with Gasteiger partial charge in [0, 0.05) is 16.4 Å². The third kappa shape index (κ3) is 7.00. The number of ether oxygens (including phenoxy) is 1. The summed E-state index contributed by atoms with van der Waals surface area (Å²) in [7, 11) is 0. The number of aryl methyl sites for hydroxylation is 1. The van der Waals surface area contributed by atoms with Crippen LogP contribution in [0.5, 0.6) is 5.75 Å². The molecule has 0 aliphatic carbocycles. The first kappa shape index (κ1) is 25.1. The Morgan fingerprint density at radius 3 is 2.26 bits per heavy atom. The van der Waals surface area contributed by atoms with E-state index in [4.69, 9.17) is 39.5 Å². The van der Waals surface area contributed by atoms with E-state index in [0.29, 0.717) is 22.0 Å². The predicted octanol–water partition coefficient (Wildman–Crippen LogP) is 6.52. The van der Waals surface area contributed by atoms with E-state index >= 15 is 0 Å². The Kier molecular flexibility index (Phi) is 8.55. The van der Waals surface area contributed by atoms with Crippen LogP contribution in [0.1, 0.15) is 11.1 Å². The number of carbonyl (C=O) groups is 2. The predicted molar refractivity (Wildman–Crippen MR) is 135 cm³/mol. The Morgan fingerprint density at radius 2 is 1.65 bits per heavy atom. The molecule has 0 heterocycles. The lowest BCUT2D eigenvalue weighted by atomic mass is 10.1. The summed E-state index contributed by atoms with van der Waals surface area (Å²) in [6, 6.07) is 18.7. The van der Waals surface area contributed by atoms with Crippen LogP contribution in [0.2, 0.25) is 15.1 Å². The Labute approximate surface area is 211 Å². The van der Waals surface area contributed by atoms with Crippen molar-refractivity contribution in [2.24, 2.45) is 0 Å². The van der Waals surface area contributed by atoms with Gasteiger partial charge in [-0.2, -0.15) is 5.26 Å². The van der Waals surface area contributed by atoms with Gasteiger partial charge in [0.25, 0.3) is 11.8 Å². The van der Waals surface area contributed by atoms with E-state index in [1.807, 2.05) is 25.1 Å². The molecule has 0 fully saturated rings. The smallest absolute Gasteiger partial charge is 0.266 e. The molecule has 3 aromatic carbocycles. The topological polar surface area (TPSA) is 91.2 Å². The summed E-state index contributed by atoms with van der Waals surface area (Å²) in [6.45, 7) is 1.64. The molecule has 0 spiro atoms. The molecule has 0 bridgehead atoms. The third-order valence-corrected chi connectivity index (χ3v) is 5.26. The molecule has 0 saturated heterocycles. The van der Waals surface area contributed by atoms with Gasteiger partial charge < -0.3 is 15.4 Å². The Hall–Kier alpha value is -3.50. The van der Waals surface area contributed by atoms with Crippen molar-refractivity contribution in [1.82, 2.24) is 0 Å². The first-order valence-electron chi connectivity index (χ1n) is 9.92. The molecule has 2 amide bonds. The van der Waals surface area contributed by atoms with Crippen LogP contribution in [-0.4, -0.2) is 18.4 Å². The van der Waals surface area contributed by atoms with Crippen molar-refractivity contribution in [3.63, 3.8) is 0 Å². The van der Waals surface area contributed by atoms with Crippen LogP contribution in [0.25, 0.3) is 6.08 Å². The molecule has 172 valence electrons. The van der Waals surface area contributed by atoms with Gasteiger partial charge in [-0.15, -0.1) is 0 Å². The second-order valence-corrected chi connectivity index (χ2v) is 8.40. The van der Waals surface area contributed by atoms with Crippen LogP contribution in [0.3, 0.4) is 0 Å². The van der Waals surface area contributed by atoms with Crippen molar-refractivity contribution >= 4 is 64.1 Å². The molecule has 0 unspecified atom stereocenters. The van der Waals surface area contributed by atoms with Gasteiger partial charge in [0.1, 0.15) is 11.6 Å². The number of nitrogens with one attached hydrogen (secondary N) is 2. The number of benzene rings is 3. The highest BCUT2D eigenvalue weighted by molar-refractivity contribution is 6.37. The van der Waals surface area contributed by atoms with Gasteiger partial charge in [-0.1, -0.05) is 58.6 Å². The number of nitriles is 1. The van der Waals surface area contributed by atoms with Crippen molar-refractivity contribution in [3.05, 3.63) is 92.4 Å². The quantitative estimate of drug-likeness (QED) is 0.277. The molecule has 3 aromatic rings. The van der Waals surface area contributed by atoms with E-state index in [0.717, 1.165) is 5.56 Å². The molecule has 0 radical (unpaired) electrons. The van der Waals surface area contributed by atoms with E-state index in [2.05, 4.69) is 10.6 Å². The molecular weight excluding hydrogens is 497 g/mol. The minimum Gasteiger partial charge on any atom is -0.481 e. The summed E-state index contributed by atoms with van der Waals surface area (Å²) >= 11 is 18.5. The molecule has 0 atom stereocenters. The Morgan fingerprint density at radius 1 is 0.971 bits per heavy atom. The van der Waals surface area contributed by atoms with Crippen molar-refractivity contribution in [3.8, 4) is 11.8 Å². The molecule has 2 N–H and O–H groups in total. The fourth-order valence-electron chi connectivity index (χ4n) is 2.85. The number of amides is 2. The van der Waals surface area contributed by atoms with Crippen molar-refractivity contribution in [2.75, 3.05) is 17.2 Å². The van der Waals surface area contributed by atoms with E-state index in [1.165, 1.54) is 18.2 Å². The van der Waals surface area contributed by atoms with E-state index in [9.17, 15) is 14.9 Å². The molecule has 6 nitrogen and oxygen atoms in total. The average Bonchev–Trinajstić information content (AvgIpc) is 2.78. The van der Waals surface area contributed by atoms with Crippen LogP contribution in [0.4, 0.5) is 11.4 Å². The zero-order chi connectivity index (χ0) is 24.7. The maximum atomic E-state index is 12.5. The highest BCUT2D eigenvalue weighted by atomic mass is 35.5. The highest BCUT2D eigenvalue weighted by Crippen LogP contribution is 2.35. The summed E-state index contributed by atoms with van der Waals surface area (Å²) in [6.07, 6.45) is 1.34. The normalized spacial score (nSPS) is 10.9. The summed E-state index contributed by atoms with van der Waals surface area (Å²) in [5.74, 6) is -0.893. The number of halogens is 3. The number of hydrogen-bond donors (Lipinski definition) is 2. The second-order valence-electron chi connectivity index (χ2n) is 7.15. The molecular formula is C25H18Cl3N3O3. The van der Waals surface area contributed by atoms with E-state index in [1.54, 1.807) is 36.4 Å². The van der Waals surface area contributed by atoms with Gasteiger partial charge >= 0.3 is 0 Å². The summed E-state index contributed by atoms with van der Waals surface area (Å²) in [4.78, 5) is 24.6. The van der Waals surface area contributed by atoms with Crippen LogP contribution in [0.15, 0.2) is 66.2 Å². The number of anilines is 2. The van der Waals surface area contributed by atoms with E-state index < -0.39 is 5.91 Å². The van der Waals surface area contributed by atoms with E-state index in [-0.39, 0.29) is 33.9 Å². The van der Waals surface area contributed by atoms with Gasteiger partial charge in [-0.05, 0) is 61.0 Å². The minimum atomic E-state index is -0.620. The van der Waals surface area contributed by atoms with Crippen LogP contribution < -0.4 is 15.4 Å². The fraction of sp³-hybridized carbons (Fsp3) is 0.0800. The number of hydrogen-bond acceptors (Lipinski definition) is 4. The third-order valence-electron chi connectivity index (χ3n) is 4.46. The van der Waals surface area contributed by atoms with Gasteiger partial charge in [0.2, 0.25) is 0 Å². The lowest BCUT2D eigenvalue weighted by Crippen LogP contribution is -2.20. The summed E-state index contributed by atoms with van der Waals surface area (Å²) in [5, 5.41) is 15.4. The van der Waals surface area contributed by atoms with Gasteiger partial charge in [0.15, 0.2) is 12.4 Å². The molecule has 3 rings (SSSR count). The highest BCUT2D eigenvalue weighted by Gasteiger charge is 2.14. The van der Waals surface area contributed by atoms with Crippen molar-refractivity contribution in [2.45, 2.75) is 6.92 Å². The van der Waals surface area contributed by atoms with Gasteiger partial charge in [0.05, 0.1) is 10.0 Å². The van der Waals surface area contributed by atoms with Crippen LogP contribution in [0, 0.1) is 18.3 Å². The van der Waals surface area contributed by atoms with Crippen LogP contribution in [-0.2, 0) is 9.59 Å². The standard InChI is InChI=1S/C25H18Cl3N3O3/c1-15-5-7-19(8-6-15)30-23(32)14-34-24-21(27)10-16(11-22(24)28)9-17(13-29)25(33)31-20-4-2-3-18(26)12-20/h2-12H,14H2,1H3,(H,30,32)(H,31,33)/b17-9+. The van der Waals surface area contributed by atoms with Gasteiger partial charge in [-0.3, -0.25) is 9.59 Å². The fourth-order valence-corrected chi connectivity index (χ4v) is 3.66. The molecule has 0 aromatic heterocycles. The zero-order valence-electron chi connectivity index (χ0n) is 17.9. The molecule has 34 heavy (non-hydrogen) atoms. The van der Waals surface area contributed by atoms with Crippen LogP contribution >= 0.6 is 34.8 Å². The second kappa shape index (κ2) is 11.6. The maximum Gasteiger partial charge on any atom is 0.266 e. The summed E-state index contributed by atoms with van der Waals surface area (Å²) < 4.78 is 5.50. The lowest BCUT2D eigenvalue weighted by Gasteiger charge is -2.11. The first-order valence-corrected chi connectivity index (χ1v) is 11.1. The molecule has 0 aliphatic rings. The van der Waals surface area contributed by atoms with Gasteiger partial charge in [-0.25, -0.2) is 0 Å². The van der Waals surface area contributed by atoms with Crippen molar-refractivity contribution in [1.29, 1.82) is 5.26 Å². The largest absolute Gasteiger partial charge is 0.481 e. The SMILES string of the molecule is Cc1ccc(NC(=O)COc2c(Cl)cc(/C=C(\C#N)C(=O)Nc3cccc(Cl)c3)cc2Cl)cc1. The first-order chi connectivity index (χ1) is 16.2. The molecule has 0 saturated carbocycles. The monoisotopic (exact) mass is 513 g/mol. The minimum absolute atomic E-state index is 0.112. The Bertz CT molecular complexity index is 1280.